The Balaban J connectivity index is 2.34. The number of aryl methyl sites for hydroxylation is 1. The van der Waals surface area contributed by atoms with Gasteiger partial charge in [0.05, 0.1) is 16.6 Å². The highest BCUT2D eigenvalue weighted by Crippen LogP contribution is 2.31. The van der Waals surface area contributed by atoms with Crippen LogP contribution >= 0.6 is 0 Å². The topological polar surface area (TPSA) is 58.2 Å². The molecule has 0 atom stereocenters. The largest absolute Gasteiger partial charge is 0.383 e. The zero-order valence-electron chi connectivity index (χ0n) is 10.2. The zero-order chi connectivity index (χ0) is 12.5. The average molecular weight is 254 g/mol. The number of sulfonamides is 1. The molecule has 0 fully saturated rings. The van der Waals surface area contributed by atoms with Crippen molar-refractivity contribution in [3.05, 3.63) is 23.8 Å². The van der Waals surface area contributed by atoms with Crippen LogP contribution in [0.1, 0.15) is 25.8 Å². The number of para-hydroxylation sites is 1. The Kier molecular flexibility index (Phi) is 3.28. The molecule has 2 N–H and O–H groups in total. The van der Waals surface area contributed by atoms with Gasteiger partial charge < -0.3 is 5.32 Å². The third-order valence-electron chi connectivity index (χ3n) is 2.95. The number of hydrogen-bond donors (Lipinski definition) is 2. The molecule has 2 rings (SSSR count). The first-order valence-electron chi connectivity index (χ1n) is 5.88. The Morgan fingerprint density at radius 2 is 2.12 bits per heavy atom. The Morgan fingerprint density at radius 1 is 1.35 bits per heavy atom. The smallest absolute Gasteiger partial charge is 0.235 e. The first-order chi connectivity index (χ1) is 8.00. The average Bonchev–Trinajstić information content (AvgIpc) is 2.29. The van der Waals surface area contributed by atoms with Gasteiger partial charge in [-0.05, 0) is 38.3 Å². The summed E-state index contributed by atoms with van der Waals surface area (Å²) in [4.78, 5) is 0. The van der Waals surface area contributed by atoms with Crippen molar-refractivity contribution in [1.29, 1.82) is 0 Å². The summed E-state index contributed by atoms with van der Waals surface area (Å²) in [6.45, 7) is 4.24. The second-order valence-corrected chi connectivity index (χ2v) is 6.80. The molecule has 5 heteroatoms. The summed E-state index contributed by atoms with van der Waals surface area (Å²) in [6.07, 6.45) is 2.09. The van der Waals surface area contributed by atoms with Crippen molar-refractivity contribution in [2.75, 3.05) is 16.6 Å². The van der Waals surface area contributed by atoms with Crippen LogP contribution in [-0.4, -0.2) is 20.2 Å². The van der Waals surface area contributed by atoms with Crippen molar-refractivity contribution in [3.8, 4) is 0 Å². The van der Waals surface area contributed by atoms with E-state index in [-0.39, 0.29) is 0 Å². The lowest BCUT2D eigenvalue weighted by Crippen LogP contribution is -2.24. The summed E-state index contributed by atoms with van der Waals surface area (Å²) >= 11 is 0. The lowest BCUT2D eigenvalue weighted by molar-refractivity contribution is 0.593. The summed E-state index contributed by atoms with van der Waals surface area (Å²) in [5.41, 5.74) is 2.78. The third kappa shape index (κ3) is 2.54. The van der Waals surface area contributed by atoms with E-state index in [9.17, 15) is 8.42 Å². The molecule has 0 unspecified atom stereocenters. The Morgan fingerprint density at radius 3 is 2.82 bits per heavy atom. The molecule has 0 saturated heterocycles. The van der Waals surface area contributed by atoms with E-state index in [0.29, 0.717) is 5.69 Å². The predicted molar refractivity (Wildman–Crippen MR) is 70.9 cm³/mol. The molecule has 0 radical (unpaired) electrons. The van der Waals surface area contributed by atoms with Gasteiger partial charge in [0.2, 0.25) is 10.0 Å². The van der Waals surface area contributed by atoms with Crippen molar-refractivity contribution < 1.29 is 8.42 Å². The second-order valence-electron chi connectivity index (χ2n) is 4.57. The zero-order valence-corrected chi connectivity index (χ0v) is 11.0. The van der Waals surface area contributed by atoms with Crippen molar-refractivity contribution in [2.45, 2.75) is 31.9 Å². The molecule has 1 aromatic rings. The molecule has 0 aromatic heterocycles. The van der Waals surface area contributed by atoms with E-state index in [0.717, 1.165) is 25.1 Å². The Labute approximate surface area is 102 Å². The molecular weight excluding hydrogens is 236 g/mol. The fourth-order valence-corrected chi connectivity index (χ4v) is 2.58. The van der Waals surface area contributed by atoms with Gasteiger partial charge in [-0.25, -0.2) is 8.42 Å². The van der Waals surface area contributed by atoms with Gasteiger partial charge in [-0.2, -0.15) is 0 Å². The van der Waals surface area contributed by atoms with E-state index in [1.54, 1.807) is 19.9 Å². The van der Waals surface area contributed by atoms with Crippen molar-refractivity contribution in [1.82, 2.24) is 0 Å². The van der Waals surface area contributed by atoms with Crippen LogP contribution in [0.4, 0.5) is 11.4 Å². The number of hydrogen-bond acceptors (Lipinski definition) is 3. The van der Waals surface area contributed by atoms with Crippen LogP contribution in [-0.2, 0) is 16.4 Å². The highest BCUT2D eigenvalue weighted by atomic mass is 32.2. The van der Waals surface area contributed by atoms with Crippen LogP contribution < -0.4 is 10.0 Å². The number of anilines is 2. The van der Waals surface area contributed by atoms with Crippen LogP contribution in [0.25, 0.3) is 0 Å². The normalized spacial score (nSPS) is 15.2. The van der Waals surface area contributed by atoms with Gasteiger partial charge in [-0.15, -0.1) is 0 Å². The molecule has 0 spiro atoms. The van der Waals surface area contributed by atoms with Crippen molar-refractivity contribution >= 4 is 21.4 Å². The summed E-state index contributed by atoms with van der Waals surface area (Å²) < 4.78 is 26.3. The maximum absolute atomic E-state index is 11.8. The van der Waals surface area contributed by atoms with Crippen molar-refractivity contribution in [2.24, 2.45) is 0 Å². The second kappa shape index (κ2) is 4.56. The third-order valence-corrected chi connectivity index (χ3v) is 4.69. The Hall–Kier alpha value is -1.23. The van der Waals surface area contributed by atoms with E-state index >= 15 is 0 Å². The van der Waals surface area contributed by atoms with Crippen LogP contribution in [0, 0.1) is 0 Å². The minimum Gasteiger partial charge on any atom is -0.383 e. The predicted octanol–water partition coefficient (Wildman–Crippen LogP) is 2.19. The summed E-state index contributed by atoms with van der Waals surface area (Å²) in [6, 6.07) is 5.73. The Bertz CT molecular complexity index is 509. The van der Waals surface area contributed by atoms with Gasteiger partial charge in [0, 0.05) is 6.54 Å². The summed E-state index contributed by atoms with van der Waals surface area (Å²) in [7, 11) is -3.27. The van der Waals surface area contributed by atoms with Gasteiger partial charge in [0.15, 0.2) is 0 Å². The maximum Gasteiger partial charge on any atom is 0.235 e. The van der Waals surface area contributed by atoms with Crippen molar-refractivity contribution in [3.63, 3.8) is 0 Å². The molecule has 1 aliphatic rings. The number of benzene rings is 1. The van der Waals surface area contributed by atoms with E-state index in [1.807, 2.05) is 12.1 Å². The molecule has 0 amide bonds. The van der Waals surface area contributed by atoms with Crippen LogP contribution in [0.2, 0.25) is 0 Å². The lowest BCUT2D eigenvalue weighted by Gasteiger charge is -2.22. The van der Waals surface area contributed by atoms with Gasteiger partial charge in [0.1, 0.15) is 0 Å². The van der Waals surface area contributed by atoms with Crippen LogP contribution in [0.3, 0.4) is 0 Å². The van der Waals surface area contributed by atoms with Gasteiger partial charge in [-0.1, -0.05) is 12.1 Å². The van der Waals surface area contributed by atoms with E-state index < -0.39 is 15.3 Å². The van der Waals surface area contributed by atoms with Gasteiger partial charge in [-0.3, -0.25) is 4.72 Å². The van der Waals surface area contributed by atoms with Gasteiger partial charge in [0.25, 0.3) is 0 Å². The van der Waals surface area contributed by atoms with E-state index in [1.165, 1.54) is 5.56 Å². The fourth-order valence-electron chi connectivity index (χ4n) is 1.87. The number of nitrogens with one attached hydrogen (secondary N) is 2. The monoisotopic (exact) mass is 254 g/mol. The standard InChI is InChI=1S/C12H18N2O2S/c1-9(2)17(15,16)14-11-7-3-5-10-6-4-8-13-12(10)11/h3,5,7,9,13-14H,4,6,8H2,1-2H3. The number of rotatable bonds is 3. The van der Waals surface area contributed by atoms with E-state index in [4.69, 9.17) is 0 Å². The lowest BCUT2D eigenvalue weighted by atomic mass is 10.0. The molecule has 1 aromatic carbocycles. The molecule has 17 heavy (non-hydrogen) atoms. The molecule has 4 nitrogen and oxygen atoms in total. The molecule has 1 aliphatic heterocycles. The molecule has 1 heterocycles. The first-order valence-corrected chi connectivity index (χ1v) is 7.43. The molecule has 0 aliphatic carbocycles. The van der Waals surface area contributed by atoms with Crippen LogP contribution in [0.5, 0.6) is 0 Å². The van der Waals surface area contributed by atoms with E-state index in [2.05, 4.69) is 10.0 Å². The highest BCUT2D eigenvalue weighted by Gasteiger charge is 2.19. The minimum absolute atomic E-state index is 0.429. The maximum atomic E-state index is 11.8. The quantitative estimate of drug-likeness (QED) is 0.869. The summed E-state index contributed by atoms with van der Waals surface area (Å²) in [5.74, 6) is 0. The number of fused-ring (bicyclic) bond motifs is 1. The van der Waals surface area contributed by atoms with Gasteiger partial charge >= 0.3 is 0 Å². The molecule has 0 bridgehead atoms. The SMILES string of the molecule is CC(C)S(=O)(=O)Nc1cccc2c1NCCC2. The first kappa shape index (κ1) is 12.2. The fraction of sp³-hybridized carbons (Fsp3) is 0.500. The molecule has 94 valence electrons. The molecular formula is C12H18N2O2S. The minimum atomic E-state index is -3.27. The summed E-state index contributed by atoms with van der Waals surface area (Å²) in [5, 5.41) is 2.84. The highest BCUT2D eigenvalue weighted by molar-refractivity contribution is 7.93. The van der Waals surface area contributed by atoms with Crippen LogP contribution in [0.15, 0.2) is 18.2 Å². The molecule has 0 saturated carbocycles.